The fourth-order valence-electron chi connectivity index (χ4n) is 3.66. The first-order valence-corrected chi connectivity index (χ1v) is 10.3. The summed E-state index contributed by atoms with van der Waals surface area (Å²) in [5, 5.41) is 0.991. The number of hydrogen-bond donors (Lipinski definition) is 0. The Hall–Kier alpha value is -3.33. The van der Waals surface area contributed by atoms with E-state index in [1.807, 2.05) is 42.6 Å². The van der Waals surface area contributed by atoms with Crippen molar-refractivity contribution in [3.05, 3.63) is 101 Å². The summed E-state index contributed by atoms with van der Waals surface area (Å²) in [7, 11) is 0. The average molecular weight is 398 g/mol. The number of nitrogens with zero attached hydrogens (tertiary/aromatic N) is 1. The normalized spacial score (nSPS) is 11.6. The molecule has 0 bridgehead atoms. The van der Waals surface area contributed by atoms with E-state index in [2.05, 4.69) is 61.7 Å². The van der Waals surface area contributed by atoms with E-state index in [0.29, 0.717) is 13.2 Å². The lowest BCUT2D eigenvalue weighted by atomic mass is 9.87. The van der Waals surface area contributed by atoms with E-state index in [1.165, 1.54) is 5.56 Å². The molecule has 30 heavy (non-hydrogen) atoms. The second kappa shape index (κ2) is 8.19. The van der Waals surface area contributed by atoms with Crippen molar-refractivity contribution in [1.29, 1.82) is 0 Å². The quantitative estimate of drug-likeness (QED) is 0.354. The van der Waals surface area contributed by atoms with Crippen molar-refractivity contribution in [2.45, 2.75) is 39.3 Å². The van der Waals surface area contributed by atoms with Gasteiger partial charge >= 0.3 is 0 Å². The molecule has 3 heteroatoms. The largest absolute Gasteiger partial charge is 0.489 e. The molecule has 0 radical (unpaired) electrons. The van der Waals surface area contributed by atoms with Crippen LogP contribution in [0.3, 0.4) is 0 Å². The molecule has 1 heterocycles. The summed E-state index contributed by atoms with van der Waals surface area (Å²) >= 11 is 0. The number of para-hydroxylation sites is 1. The lowest BCUT2D eigenvalue weighted by Gasteiger charge is -2.19. The molecule has 4 aromatic rings. The molecule has 0 N–H and O–H groups in total. The minimum Gasteiger partial charge on any atom is -0.489 e. The zero-order valence-corrected chi connectivity index (χ0v) is 17.8. The molecule has 3 aromatic carbocycles. The molecule has 0 aliphatic rings. The van der Waals surface area contributed by atoms with Gasteiger partial charge in [0.1, 0.15) is 12.4 Å². The van der Waals surface area contributed by atoms with Crippen LogP contribution in [-0.4, -0.2) is 10.9 Å². The van der Waals surface area contributed by atoms with Crippen LogP contribution in [0.25, 0.3) is 10.9 Å². The van der Waals surface area contributed by atoms with Crippen molar-refractivity contribution in [2.24, 2.45) is 0 Å². The van der Waals surface area contributed by atoms with Crippen molar-refractivity contribution in [2.75, 3.05) is 0 Å². The summed E-state index contributed by atoms with van der Waals surface area (Å²) in [5.41, 5.74) is 5.60. The van der Waals surface area contributed by atoms with Gasteiger partial charge in [-0.05, 0) is 40.3 Å². The highest BCUT2D eigenvalue weighted by Crippen LogP contribution is 2.24. The van der Waals surface area contributed by atoms with Gasteiger partial charge < -0.3 is 9.30 Å². The third kappa shape index (κ3) is 4.30. The Labute approximate surface area is 177 Å². The summed E-state index contributed by atoms with van der Waals surface area (Å²) in [6.07, 6.45) is 2.84. The molecule has 3 nitrogen and oxygen atoms in total. The molecule has 0 fully saturated rings. The van der Waals surface area contributed by atoms with E-state index in [0.717, 1.165) is 39.6 Å². The van der Waals surface area contributed by atoms with Crippen molar-refractivity contribution in [3.63, 3.8) is 0 Å². The van der Waals surface area contributed by atoms with E-state index in [4.69, 9.17) is 4.74 Å². The highest BCUT2D eigenvalue weighted by molar-refractivity contribution is 5.97. The molecule has 4 rings (SSSR count). The number of benzene rings is 3. The highest BCUT2D eigenvalue weighted by atomic mass is 16.5. The number of aldehydes is 1. The van der Waals surface area contributed by atoms with Gasteiger partial charge in [0.05, 0.1) is 0 Å². The average Bonchev–Trinajstić information content (AvgIpc) is 3.11. The Morgan fingerprint density at radius 2 is 1.53 bits per heavy atom. The number of carbonyl (C=O) groups is 1. The predicted octanol–water partition coefficient (Wildman–Crippen LogP) is 6.38. The van der Waals surface area contributed by atoms with Crippen LogP contribution in [0, 0.1) is 0 Å². The van der Waals surface area contributed by atoms with Gasteiger partial charge in [0.25, 0.3) is 0 Å². The standard InChI is InChI=1S/C27H27NO2/c1-27(2,3)23-12-8-21(9-13-23)19-30-24-14-10-20(11-15-24)16-28-17-22(18-29)25-6-4-5-7-26(25)28/h4-15,17-18H,16,19H2,1-3H3. The van der Waals surface area contributed by atoms with Crippen LogP contribution in [0.15, 0.2) is 79.0 Å². The van der Waals surface area contributed by atoms with Crippen LogP contribution >= 0.6 is 0 Å². The summed E-state index contributed by atoms with van der Waals surface area (Å²) < 4.78 is 8.08. The van der Waals surface area contributed by atoms with Crippen LogP contribution in [-0.2, 0) is 18.6 Å². The first-order valence-electron chi connectivity index (χ1n) is 10.3. The molecule has 0 unspecified atom stereocenters. The molecular formula is C27H27NO2. The Kier molecular flexibility index (Phi) is 5.45. The molecule has 0 saturated heterocycles. The molecule has 0 aliphatic carbocycles. The Bertz CT molecular complexity index is 1150. The molecule has 0 aliphatic heterocycles. The van der Waals surface area contributed by atoms with E-state index >= 15 is 0 Å². The summed E-state index contributed by atoms with van der Waals surface area (Å²) in [4.78, 5) is 11.4. The molecule has 0 amide bonds. The Morgan fingerprint density at radius 1 is 0.867 bits per heavy atom. The zero-order valence-electron chi connectivity index (χ0n) is 17.8. The van der Waals surface area contributed by atoms with Gasteiger partial charge in [-0.1, -0.05) is 75.4 Å². The summed E-state index contributed by atoms with van der Waals surface area (Å²) in [6, 6.07) is 24.8. The fraction of sp³-hybridized carbons (Fsp3) is 0.222. The maximum Gasteiger partial charge on any atom is 0.152 e. The maximum absolute atomic E-state index is 11.4. The number of fused-ring (bicyclic) bond motifs is 1. The van der Waals surface area contributed by atoms with Crippen LogP contribution in [0.5, 0.6) is 5.75 Å². The van der Waals surface area contributed by atoms with Gasteiger partial charge in [-0.15, -0.1) is 0 Å². The van der Waals surface area contributed by atoms with Gasteiger partial charge in [0, 0.05) is 29.2 Å². The third-order valence-electron chi connectivity index (χ3n) is 5.45. The summed E-state index contributed by atoms with van der Waals surface area (Å²) in [6.45, 7) is 7.92. The van der Waals surface area contributed by atoms with Crippen LogP contribution in [0.4, 0.5) is 0 Å². The second-order valence-corrected chi connectivity index (χ2v) is 8.73. The number of carbonyl (C=O) groups excluding carboxylic acids is 1. The number of ether oxygens (including phenoxy) is 1. The number of hydrogen-bond acceptors (Lipinski definition) is 2. The molecule has 0 spiro atoms. The second-order valence-electron chi connectivity index (χ2n) is 8.73. The lowest BCUT2D eigenvalue weighted by Crippen LogP contribution is -2.10. The van der Waals surface area contributed by atoms with Gasteiger partial charge in [-0.2, -0.15) is 0 Å². The minimum absolute atomic E-state index is 0.159. The van der Waals surface area contributed by atoms with Crippen molar-refractivity contribution in [1.82, 2.24) is 4.57 Å². The van der Waals surface area contributed by atoms with Crippen LogP contribution in [0.2, 0.25) is 0 Å². The van der Waals surface area contributed by atoms with Gasteiger partial charge in [0.2, 0.25) is 0 Å². The van der Waals surface area contributed by atoms with E-state index < -0.39 is 0 Å². The fourth-order valence-corrected chi connectivity index (χ4v) is 3.66. The van der Waals surface area contributed by atoms with Crippen LogP contribution < -0.4 is 4.74 Å². The smallest absolute Gasteiger partial charge is 0.152 e. The lowest BCUT2D eigenvalue weighted by molar-refractivity contribution is 0.112. The maximum atomic E-state index is 11.4. The monoisotopic (exact) mass is 397 g/mol. The summed E-state index contributed by atoms with van der Waals surface area (Å²) in [5.74, 6) is 0.851. The SMILES string of the molecule is CC(C)(C)c1ccc(COc2ccc(Cn3cc(C=O)c4ccccc43)cc2)cc1. The van der Waals surface area contributed by atoms with Crippen molar-refractivity contribution >= 4 is 17.2 Å². The Balaban J connectivity index is 1.42. The number of rotatable bonds is 6. The highest BCUT2D eigenvalue weighted by Gasteiger charge is 2.13. The molecule has 0 saturated carbocycles. The predicted molar refractivity (Wildman–Crippen MR) is 122 cm³/mol. The first-order chi connectivity index (χ1) is 14.4. The molecular weight excluding hydrogens is 370 g/mol. The van der Waals surface area contributed by atoms with Crippen LogP contribution in [0.1, 0.15) is 47.8 Å². The van der Waals surface area contributed by atoms with Gasteiger partial charge in [-0.3, -0.25) is 4.79 Å². The topological polar surface area (TPSA) is 31.2 Å². The zero-order chi connectivity index (χ0) is 21.1. The van der Waals surface area contributed by atoms with Gasteiger partial charge in [0.15, 0.2) is 6.29 Å². The van der Waals surface area contributed by atoms with Gasteiger partial charge in [-0.25, -0.2) is 0 Å². The van der Waals surface area contributed by atoms with Crippen molar-refractivity contribution in [3.8, 4) is 5.75 Å². The van der Waals surface area contributed by atoms with E-state index in [-0.39, 0.29) is 5.41 Å². The molecule has 0 atom stereocenters. The van der Waals surface area contributed by atoms with Crippen molar-refractivity contribution < 1.29 is 9.53 Å². The molecule has 152 valence electrons. The molecule has 1 aromatic heterocycles. The number of aromatic nitrogens is 1. The minimum atomic E-state index is 0.159. The first kappa shape index (κ1) is 20.0. The third-order valence-corrected chi connectivity index (χ3v) is 5.45. The van der Waals surface area contributed by atoms with E-state index in [9.17, 15) is 4.79 Å². The van der Waals surface area contributed by atoms with E-state index in [1.54, 1.807) is 0 Å². The Morgan fingerprint density at radius 3 is 2.20 bits per heavy atom.